The third-order valence-electron chi connectivity index (χ3n) is 1.68. The van der Waals surface area contributed by atoms with E-state index >= 15 is 0 Å². The Morgan fingerprint density at radius 3 is 2.75 bits per heavy atom. The van der Waals surface area contributed by atoms with Crippen molar-refractivity contribution in [2.75, 3.05) is 5.73 Å². The van der Waals surface area contributed by atoms with Crippen molar-refractivity contribution in [2.24, 2.45) is 0 Å². The lowest BCUT2D eigenvalue weighted by molar-refractivity contribution is 1.07. The minimum atomic E-state index is 0.263. The Hall–Kier alpha value is -1.04. The van der Waals surface area contributed by atoms with Crippen molar-refractivity contribution in [3.63, 3.8) is 0 Å². The average molecular weight is 273 g/mol. The summed E-state index contributed by atoms with van der Waals surface area (Å²) in [5.41, 5.74) is 5.68. The first-order valence-electron chi connectivity index (χ1n) is 4.22. The van der Waals surface area contributed by atoms with Crippen LogP contribution in [0.3, 0.4) is 0 Å². The summed E-state index contributed by atoms with van der Waals surface area (Å²) in [6.07, 6.45) is 4.69. The highest BCUT2D eigenvalue weighted by molar-refractivity contribution is 7.99. The lowest BCUT2D eigenvalue weighted by Gasteiger charge is -2.04. The van der Waals surface area contributed by atoms with Crippen LogP contribution < -0.4 is 5.73 Å². The summed E-state index contributed by atoms with van der Waals surface area (Å²) in [6, 6.07) is 1.70. The molecule has 0 spiro atoms. The molecule has 0 radical (unpaired) electrons. The highest BCUT2D eigenvalue weighted by atomic mass is 35.5. The van der Waals surface area contributed by atoms with Gasteiger partial charge in [0.1, 0.15) is 10.2 Å². The van der Waals surface area contributed by atoms with Crippen LogP contribution in [0.25, 0.3) is 0 Å². The standard InChI is InChI=1S/C9H6Cl2N4S/c10-5-1-2-13-3-6(5)16-9-8(12)15-7(11)4-14-9/h1-4H,(H2,12,15). The van der Waals surface area contributed by atoms with Crippen LogP contribution in [-0.2, 0) is 0 Å². The highest BCUT2D eigenvalue weighted by Crippen LogP contribution is 2.33. The fraction of sp³-hybridized carbons (Fsp3) is 0. The summed E-state index contributed by atoms with van der Waals surface area (Å²) in [6.45, 7) is 0. The first-order chi connectivity index (χ1) is 7.66. The minimum Gasteiger partial charge on any atom is -0.381 e. The maximum atomic E-state index is 5.98. The predicted octanol–water partition coefficient (Wildman–Crippen LogP) is 2.91. The zero-order chi connectivity index (χ0) is 11.5. The minimum absolute atomic E-state index is 0.263. The number of pyridine rings is 1. The first-order valence-corrected chi connectivity index (χ1v) is 5.79. The van der Waals surface area contributed by atoms with Crippen molar-refractivity contribution in [2.45, 2.75) is 9.92 Å². The molecule has 2 N–H and O–H groups in total. The van der Waals surface area contributed by atoms with E-state index in [4.69, 9.17) is 28.9 Å². The van der Waals surface area contributed by atoms with Gasteiger partial charge in [-0.05, 0) is 6.07 Å². The Balaban J connectivity index is 2.31. The molecule has 0 saturated carbocycles. The Bertz CT molecular complexity index is 521. The van der Waals surface area contributed by atoms with Crippen molar-refractivity contribution in [3.05, 3.63) is 34.8 Å². The maximum Gasteiger partial charge on any atom is 0.158 e. The molecule has 2 aromatic rings. The van der Waals surface area contributed by atoms with E-state index in [0.29, 0.717) is 10.0 Å². The summed E-state index contributed by atoms with van der Waals surface area (Å²) >= 11 is 12.9. The molecular formula is C9H6Cl2N4S. The predicted molar refractivity (Wildman–Crippen MR) is 64.8 cm³/mol. The van der Waals surface area contributed by atoms with Crippen molar-refractivity contribution in [1.82, 2.24) is 15.0 Å². The fourth-order valence-corrected chi connectivity index (χ4v) is 2.09. The molecule has 0 amide bonds. The quantitative estimate of drug-likeness (QED) is 0.911. The Morgan fingerprint density at radius 2 is 2.06 bits per heavy atom. The Morgan fingerprint density at radius 1 is 1.25 bits per heavy atom. The number of nitrogens with zero attached hydrogens (tertiary/aromatic N) is 3. The van der Waals surface area contributed by atoms with Gasteiger partial charge < -0.3 is 5.73 Å². The molecule has 7 heteroatoms. The molecule has 2 heterocycles. The van der Waals surface area contributed by atoms with E-state index in [1.54, 1.807) is 18.5 Å². The molecule has 0 aromatic carbocycles. The molecule has 0 atom stereocenters. The second-order valence-corrected chi connectivity index (χ2v) is 4.62. The third kappa shape index (κ3) is 2.55. The number of nitrogens with two attached hydrogens (primary N) is 1. The van der Waals surface area contributed by atoms with E-state index in [1.807, 2.05) is 0 Å². The van der Waals surface area contributed by atoms with E-state index in [1.165, 1.54) is 18.0 Å². The van der Waals surface area contributed by atoms with Gasteiger partial charge in [0.15, 0.2) is 5.82 Å². The van der Waals surface area contributed by atoms with Crippen LogP contribution in [0.15, 0.2) is 34.6 Å². The SMILES string of the molecule is Nc1nc(Cl)cnc1Sc1cnccc1Cl. The summed E-state index contributed by atoms with van der Waals surface area (Å²) in [7, 11) is 0. The summed E-state index contributed by atoms with van der Waals surface area (Å²) in [5, 5.41) is 1.41. The van der Waals surface area contributed by atoms with Gasteiger partial charge in [-0.3, -0.25) is 4.98 Å². The first kappa shape index (κ1) is 11.4. The van der Waals surface area contributed by atoms with Crippen molar-refractivity contribution >= 4 is 40.8 Å². The van der Waals surface area contributed by atoms with Crippen molar-refractivity contribution < 1.29 is 0 Å². The van der Waals surface area contributed by atoms with Crippen LogP contribution in [0, 0.1) is 0 Å². The molecule has 2 rings (SSSR count). The second kappa shape index (κ2) is 4.86. The van der Waals surface area contributed by atoms with Crippen LogP contribution in [0.1, 0.15) is 0 Å². The Labute approximate surface area is 106 Å². The number of aromatic nitrogens is 3. The molecule has 0 fully saturated rings. The summed E-state index contributed by atoms with van der Waals surface area (Å²) in [4.78, 5) is 12.7. The normalized spacial score (nSPS) is 10.4. The lowest BCUT2D eigenvalue weighted by Crippen LogP contribution is -1.95. The molecule has 0 aliphatic heterocycles. The number of halogens is 2. The molecule has 2 aromatic heterocycles. The van der Waals surface area contributed by atoms with Crippen LogP contribution in [0.4, 0.5) is 5.82 Å². The molecule has 0 unspecified atom stereocenters. The largest absolute Gasteiger partial charge is 0.381 e. The van der Waals surface area contributed by atoms with Crippen LogP contribution in [0.5, 0.6) is 0 Å². The van der Waals surface area contributed by atoms with Crippen LogP contribution in [0.2, 0.25) is 10.2 Å². The number of rotatable bonds is 2. The van der Waals surface area contributed by atoms with Gasteiger partial charge in [-0.2, -0.15) is 0 Å². The number of hydrogen-bond acceptors (Lipinski definition) is 5. The van der Waals surface area contributed by atoms with Gasteiger partial charge in [0.25, 0.3) is 0 Å². The second-order valence-electron chi connectivity index (χ2n) is 2.79. The molecule has 4 nitrogen and oxygen atoms in total. The zero-order valence-corrected chi connectivity index (χ0v) is 10.2. The van der Waals surface area contributed by atoms with E-state index in [9.17, 15) is 0 Å². The van der Waals surface area contributed by atoms with Crippen LogP contribution >= 0.6 is 35.0 Å². The smallest absolute Gasteiger partial charge is 0.158 e. The van der Waals surface area contributed by atoms with Crippen LogP contribution in [-0.4, -0.2) is 15.0 Å². The van der Waals surface area contributed by atoms with Gasteiger partial charge in [-0.15, -0.1) is 0 Å². The summed E-state index contributed by atoms with van der Waals surface area (Å²) < 4.78 is 0. The Kier molecular flexibility index (Phi) is 3.48. The van der Waals surface area contributed by atoms with Gasteiger partial charge in [-0.1, -0.05) is 35.0 Å². The molecule has 0 bridgehead atoms. The van der Waals surface area contributed by atoms with E-state index < -0.39 is 0 Å². The van der Waals surface area contributed by atoms with Gasteiger partial charge in [0.05, 0.1) is 16.1 Å². The van der Waals surface area contributed by atoms with Gasteiger partial charge in [0, 0.05) is 12.4 Å². The average Bonchev–Trinajstić information content (AvgIpc) is 2.25. The maximum absolute atomic E-state index is 5.98. The number of nitrogen functional groups attached to an aromatic ring is 1. The summed E-state index contributed by atoms with van der Waals surface area (Å²) in [5.74, 6) is 0.275. The van der Waals surface area contributed by atoms with Gasteiger partial charge in [-0.25, -0.2) is 9.97 Å². The fourth-order valence-electron chi connectivity index (χ4n) is 0.991. The van der Waals surface area contributed by atoms with E-state index in [-0.39, 0.29) is 11.0 Å². The van der Waals surface area contributed by atoms with Crippen molar-refractivity contribution in [1.29, 1.82) is 0 Å². The monoisotopic (exact) mass is 272 g/mol. The molecule has 0 aliphatic rings. The molecular weight excluding hydrogens is 267 g/mol. The zero-order valence-electron chi connectivity index (χ0n) is 7.89. The lowest BCUT2D eigenvalue weighted by atomic mass is 10.5. The van der Waals surface area contributed by atoms with Gasteiger partial charge >= 0.3 is 0 Å². The third-order valence-corrected chi connectivity index (χ3v) is 3.35. The molecule has 82 valence electrons. The molecule has 0 saturated heterocycles. The van der Waals surface area contributed by atoms with Crippen molar-refractivity contribution in [3.8, 4) is 0 Å². The van der Waals surface area contributed by atoms with E-state index in [2.05, 4.69) is 15.0 Å². The topological polar surface area (TPSA) is 64.7 Å². The highest BCUT2D eigenvalue weighted by Gasteiger charge is 2.08. The van der Waals surface area contributed by atoms with Gasteiger partial charge in [0.2, 0.25) is 0 Å². The number of anilines is 1. The van der Waals surface area contributed by atoms with E-state index in [0.717, 1.165) is 4.90 Å². The molecule has 16 heavy (non-hydrogen) atoms. The molecule has 0 aliphatic carbocycles. The number of hydrogen-bond donors (Lipinski definition) is 1.